The van der Waals surface area contributed by atoms with Crippen LogP contribution < -0.4 is 4.31 Å². The number of benzene rings is 1. The van der Waals surface area contributed by atoms with Crippen LogP contribution in [0.1, 0.15) is 11.1 Å². The summed E-state index contributed by atoms with van der Waals surface area (Å²) in [4.78, 5) is 0. The monoisotopic (exact) mass is 279 g/mol. The van der Waals surface area contributed by atoms with Gasteiger partial charge in [-0.3, -0.25) is 9.40 Å². The Kier molecular flexibility index (Phi) is 2.79. The minimum Gasteiger partial charge on any atom is -0.392 e. The second-order valence-electron chi connectivity index (χ2n) is 4.34. The molecule has 1 aromatic heterocycles. The smallest absolute Gasteiger partial charge is 0.281 e. The summed E-state index contributed by atoms with van der Waals surface area (Å²) in [5, 5.41) is 15.3. The SMILES string of the molecule is O=S(=O)(c1[nH]ncc1CO)N1CCc2ccccc21. The van der Waals surface area contributed by atoms with Gasteiger partial charge in [-0.05, 0) is 18.1 Å². The Morgan fingerprint density at radius 3 is 2.95 bits per heavy atom. The van der Waals surface area contributed by atoms with Crippen molar-refractivity contribution in [1.29, 1.82) is 0 Å². The molecule has 0 fully saturated rings. The van der Waals surface area contributed by atoms with Crippen molar-refractivity contribution in [2.45, 2.75) is 18.1 Å². The minimum atomic E-state index is -3.70. The predicted octanol–water partition coefficient (Wildman–Crippen LogP) is 0.653. The van der Waals surface area contributed by atoms with E-state index in [2.05, 4.69) is 10.2 Å². The van der Waals surface area contributed by atoms with Gasteiger partial charge < -0.3 is 5.11 Å². The van der Waals surface area contributed by atoms with Crippen LogP contribution in [0.3, 0.4) is 0 Å². The molecule has 0 saturated heterocycles. The molecule has 6 nitrogen and oxygen atoms in total. The number of nitrogens with zero attached hydrogens (tertiary/aromatic N) is 2. The Morgan fingerprint density at radius 2 is 2.16 bits per heavy atom. The van der Waals surface area contributed by atoms with Crippen LogP contribution in [0, 0.1) is 0 Å². The molecule has 0 spiro atoms. The van der Waals surface area contributed by atoms with E-state index in [0.717, 1.165) is 5.56 Å². The Balaban J connectivity index is 2.08. The standard InChI is InChI=1S/C12H13N3O3S/c16-8-10-7-13-14-12(10)19(17,18)15-6-5-9-3-1-2-4-11(9)15/h1-4,7,16H,5-6,8H2,(H,13,14). The lowest BCUT2D eigenvalue weighted by Crippen LogP contribution is -2.30. The Morgan fingerprint density at radius 1 is 1.37 bits per heavy atom. The predicted molar refractivity (Wildman–Crippen MR) is 69.2 cm³/mol. The number of anilines is 1. The van der Waals surface area contributed by atoms with Crippen molar-refractivity contribution in [2.24, 2.45) is 0 Å². The molecule has 1 aromatic carbocycles. The molecule has 0 saturated carbocycles. The zero-order valence-corrected chi connectivity index (χ0v) is 10.9. The zero-order valence-electron chi connectivity index (χ0n) is 10.1. The first-order chi connectivity index (χ1) is 9.14. The molecule has 0 aliphatic carbocycles. The van der Waals surface area contributed by atoms with Crippen LogP contribution >= 0.6 is 0 Å². The van der Waals surface area contributed by atoms with Gasteiger partial charge in [0, 0.05) is 12.1 Å². The van der Waals surface area contributed by atoms with Gasteiger partial charge in [-0.2, -0.15) is 13.5 Å². The number of aliphatic hydroxyl groups is 1. The van der Waals surface area contributed by atoms with Crippen LogP contribution in [-0.4, -0.2) is 30.3 Å². The molecule has 0 radical (unpaired) electrons. The molecule has 2 heterocycles. The van der Waals surface area contributed by atoms with Crippen molar-refractivity contribution in [3.8, 4) is 0 Å². The number of rotatable bonds is 3. The maximum Gasteiger partial charge on any atom is 0.281 e. The van der Waals surface area contributed by atoms with E-state index >= 15 is 0 Å². The summed E-state index contributed by atoms with van der Waals surface area (Å²) >= 11 is 0. The van der Waals surface area contributed by atoms with Crippen LogP contribution in [-0.2, 0) is 23.1 Å². The first-order valence-corrected chi connectivity index (χ1v) is 7.32. The molecular formula is C12H13N3O3S. The molecule has 0 amide bonds. The Bertz CT molecular complexity index is 709. The fourth-order valence-electron chi connectivity index (χ4n) is 2.30. The molecule has 1 aliphatic heterocycles. The number of para-hydroxylation sites is 1. The second kappa shape index (κ2) is 4.36. The number of aromatic amines is 1. The fraction of sp³-hybridized carbons (Fsp3) is 0.250. The van der Waals surface area contributed by atoms with Crippen molar-refractivity contribution < 1.29 is 13.5 Å². The van der Waals surface area contributed by atoms with Gasteiger partial charge in [-0.15, -0.1) is 0 Å². The summed E-state index contributed by atoms with van der Waals surface area (Å²) in [5.41, 5.74) is 1.99. The van der Waals surface area contributed by atoms with Crippen molar-refractivity contribution in [1.82, 2.24) is 10.2 Å². The van der Waals surface area contributed by atoms with E-state index in [1.807, 2.05) is 18.2 Å². The molecular weight excluding hydrogens is 266 g/mol. The third-order valence-corrected chi connectivity index (χ3v) is 5.07. The van der Waals surface area contributed by atoms with E-state index in [-0.39, 0.29) is 17.2 Å². The fourth-order valence-corrected chi connectivity index (χ4v) is 3.91. The second-order valence-corrected chi connectivity index (χ2v) is 6.14. The van der Waals surface area contributed by atoms with Gasteiger partial charge in [-0.25, -0.2) is 0 Å². The Hall–Kier alpha value is -1.86. The minimum absolute atomic E-state index is 0.0355. The molecule has 0 atom stereocenters. The van der Waals surface area contributed by atoms with Gasteiger partial charge in [0.1, 0.15) is 0 Å². The molecule has 2 N–H and O–H groups in total. The number of H-pyrrole nitrogens is 1. The molecule has 0 unspecified atom stereocenters. The summed E-state index contributed by atoms with van der Waals surface area (Å²) in [6, 6.07) is 7.41. The first-order valence-electron chi connectivity index (χ1n) is 5.88. The lowest BCUT2D eigenvalue weighted by atomic mass is 10.2. The number of fused-ring (bicyclic) bond motifs is 1. The van der Waals surface area contributed by atoms with E-state index in [1.165, 1.54) is 10.5 Å². The number of hydrogen-bond acceptors (Lipinski definition) is 4. The van der Waals surface area contributed by atoms with Gasteiger partial charge in [0.15, 0.2) is 5.03 Å². The van der Waals surface area contributed by atoms with Gasteiger partial charge in [0.25, 0.3) is 10.0 Å². The summed E-state index contributed by atoms with van der Waals surface area (Å²) in [6.45, 7) is 0.0477. The maximum atomic E-state index is 12.6. The van der Waals surface area contributed by atoms with E-state index in [0.29, 0.717) is 18.7 Å². The summed E-state index contributed by atoms with van der Waals surface area (Å²) in [6.07, 6.45) is 2.02. The first kappa shape index (κ1) is 12.2. The van der Waals surface area contributed by atoms with E-state index in [1.54, 1.807) is 6.07 Å². The highest BCUT2D eigenvalue weighted by atomic mass is 32.2. The highest BCUT2D eigenvalue weighted by molar-refractivity contribution is 7.92. The number of hydrogen-bond donors (Lipinski definition) is 2. The van der Waals surface area contributed by atoms with Crippen molar-refractivity contribution >= 4 is 15.7 Å². The lowest BCUT2D eigenvalue weighted by Gasteiger charge is -2.18. The highest BCUT2D eigenvalue weighted by Crippen LogP contribution is 2.32. The summed E-state index contributed by atoms with van der Waals surface area (Å²) < 4.78 is 26.5. The molecule has 7 heteroatoms. The van der Waals surface area contributed by atoms with E-state index in [4.69, 9.17) is 5.11 Å². The normalized spacial score (nSPS) is 14.7. The average Bonchev–Trinajstić information content (AvgIpc) is 3.05. The van der Waals surface area contributed by atoms with Crippen molar-refractivity contribution in [3.05, 3.63) is 41.6 Å². The Labute approximate surface area is 110 Å². The van der Waals surface area contributed by atoms with Crippen LogP contribution in [0.25, 0.3) is 0 Å². The van der Waals surface area contributed by atoms with E-state index in [9.17, 15) is 8.42 Å². The maximum absolute atomic E-state index is 12.6. The number of aliphatic hydroxyl groups excluding tert-OH is 1. The molecule has 3 rings (SSSR count). The van der Waals surface area contributed by atoms with E-state index < -0.39 is 10.0 Å². The van der Waals surface area contributed by atoms with Gasteiger partial charge in [-0.1, -0.05) is 18.2 Å². The molecule has 0 bridgehead atoms. The number of nitrogens with one attached hydrogen (secondary N) is 1. The number of aromatic nitrogens is 2. The quantitative estimate of drug-likeness (QED) is 0.864. The third kappa shape index (κ3) is 1.82. The average molecular weight is 279 g/mol. The van der Waals surface area contributed by atoms with Crippen molar-refractivity contribution in [2.75, 3.05) is 10.8 Å². The molecule has 1 aliphatic rings. The highest BCUT2D eigenvalue weighted by Gasteiger charge is 2.33. The summed E-state index contributed by atoms with van der Waals surface area (Å²) in [7, 11) is -3.70. The molecule has 2 aromatic rings. The van der Waals surface area contributed by atoms with Gasteiger partial charge >= 0.3 is 0 Å². The largest absolute Gasteiger partial charge is 0.392 e. The molecule has 19 heavy (non-hydrogen) atoms. The van der Waals surface area contributed by atoms with Gasteiger partial charge in [0.05, 0.1) is 18.5 Å². The van der Waals surface area contributed by atoms with Crippen molar-refractivity contribution in [3.63, 3.8) is 0 Å². The third-order valence-electron chi connectivity index (χ3n) is 3.24. The zero-order chi connectivity index (χ0) is 13.5. The van der Waals surface area contributed by atoms with Gasteiger partial charge in [0.2, 0.25) is 0 Å². The topological polar surface area (TPSA) is 86.3 Å². The lowest BCUT2D eigenvalue weighted by molar-refractivity contribution is 0.278. The number of sulfonamides is 1. The van der Waals surface area contributed by atoms with Crippen LogP contribution in [0.4, 0.5) is 5.69 Å². The summed E-state index contributed by atoms with van der Waals surface area (Å²) in [5.74, 6) is 0. The van der Waals surface area contributed by atoms with Crippen LogP contribution in [0.5, 0.6) is 0 Å². The van der Waals surface area contributed by atoms with Crippen LogP contribution in [0.2, 0.25) is 0 Å². The van der Waals surface area contributed by atoms with Crippen LogP contribution in [0.15, 0.2) is 35.5 Å². The molecule has 100 valence electrons.